The summed E-state index contributed by atoms with van der Waals surface area (Å²) < 4.78 is 5.29. The van der Waals surface area contributed by atoms with Crippen LogP contribution < -0.4 is 4.74 Å². The number of H-pyrrole nitrogens is 1. The van der Waals surface area contributed by atoms with E-state index in [0.717, 1.165) is 22.4 Å². The van der Waals surface area contributed by atoms with Crippen LogP contribution in [0.2, 0.25) is 0 Å². The van der Waals surface area contributed by atoms with Crippen LogP contribution in [0.3, 0.4) is 0 Å². The van der Waals surface area contributed by atoms with Gasteiger partial charge in [0.05, 0.1) is 19.0 Å². The van der Waals surface area contributed by atoms with Gasteiger partial charge >= 0.3 is 0 Å². The third-order valence-corrected chi connectivity index (χ3v) is 3.39. The van der Waals surface area contributed by atoms with Crippen LogP contribution in [0.25, 0.3) is 22.4 Å². The van der Waals surface area contributed by atoms with Gasteiger partial charge in [-0.25, -0.2) is 4.98 Å². The lowest BCUT2D eigenvalue weighted by atomic mass is 10.1. The van der Waals surface area contributed by atoms with E-state index in [4.69, 9.17) is 4.74 Å². The molecule has 0 saturated heterocycles. The Bertz CT molecular complexity index is 646. The van der Waals surface area contributed by atoms with E-state index >= 15 is 0 Å². The van der Waals surface area contributed by atoms with Crippen molar-refractivity contribution in [3.63, 3.8) is 0 Å². The Morgan fingerprint density at radius 3 is 3.00 bits per heavy atom. The predicted molar refractivity (Wildman–Crippen MR) is 71.7 cm³/mol. The molecule has 0 amide bonds. The van der Waals surface area contributed by atoms with Crippen molar-refractivity contribution >= 4 is 11.3 Å². The maximum Gasteiger partial charge on any atom is 0.221 e. The third-order valence-electron chi connectivity index (χ3n) is 2.70. The third kappa shape index (κ3) is 1.78. The number of pyridine rings is 1. The van der Waals surface area contributed by atoms with Gasteiger partial charge in [0.25, 0.3) is 0 Å². The molecule has 3 heterocycles. The molecular formula is C13H11N3OS. The Kier molecular flexibility index (Phi) is 2.82. The lowest BCUT2D eigenvalue weighted by Crippen LogP contribution is -1.91. The summed E-state index contributed by atoms with van der Waals surface area (Å²) in [7, 11) is 1.62. The van der Waals surface area contributed by atoms with Crippen molar-refractivity contribution in [2.75, 3.05) is 7.11 Å². The second-order valence-electron chi connectivity index (χ2n) is 3.73. The second kappa shape index (κ2) is 4.62. The van der Waals surface area contributed by atoms with E-state index in [2.05, 4.69) is 26.6 Å². The molecule has 0 aromatic carbocycles. The van der Waals surface area contributed by atoms with Gasteiger partial charge in [0.2, 0.25) is 5.88 Å². The van der Waals surface area contributed by atoms with Crippen LogP contribution in [-0.4, -0.2) is 22.3 Å². The van der Waals surface area contributed by atoms with Crippen molar-refractivity contribution in [1.82, 2.24) is 15.2 Å². The Balaban J connectivity index is 2.16. The standard InChI is InChI=1S/C13H11N3OS/c1-17-13-10(3-2-5-14-13)11-7-15-16-12(11)9-4-6-18-8-9/h2-8H,1H3,(H,15,16). The van der Waals surface area contributed by atoms with Gasteiger partial charge in [-0.15, -0.1) is 0 Å². The summed E-state index contributed by atoms with van der Waals surface area (Å²) >= 11 is 1.66. The van der Waals surface area contributed by atoms with Gasteiger partial charge in [-0.3, -0.25) is 5.10 Å². The molecule has 0 radical (unpaired) electrons. The average molecular weight is 257 g/mol. The minimum atomic E-state index is 0.607. The number of hydrogen-bond donors (Lipinski definition) is 1. The zero-order chi connectivity index (χ0) is 12.4. The molecule has 0 aliphatic rings. The molecule has 3 aromatic rings. The van der Waals surface area contributed by atoms with E-state index in [9.17, 15) is 0 Å². The maximum atomic E-state index is 5.29. The number of aromatic amines is 1. The van der Waals surface area contributed by atoms with Gasteiger partial charge in [0, 0.05) is 28.3 Å². The fraction of sp³-hybridized carbons (Fsp3) is 0.0769. The van der Waals surface area contributed by atoms with E-state index in [0.29, 0.717) is 5.88 Å². The van der Waals surface area contributed by atoms with E-state index in [1.165, 1.54) is 0 Å². The largest absolute Gasteiger partial charge is 0.481 e. The predicted octanol–water partition coefficient (Wildman–Crippen LogP) is 3.21. The van der Waals surface area contributed by atoms with Crippen LogP contribution in [0.4, 0.5) is 0 Å². The van der Waals surface area contributed by atoms with E-state index in [-0.39, 0.29) is 0 Å². The minimum absolute atomic E-state index is 0.607. The zero-order valence-electron chi connectivity index (χ0n) is 9.75. The lowest BCUT2D eigenvalue weighted by Gasteiger charge is -2.06. The van der Waals surface area contributed by atoms with Crippen LogP contribution in [0, 0.1) is 0 Å². The second-order valence-corrected chi connectivity index (χ2v) is 4.51. The highest BCUT2D eigenvalue weighted by molar-refractivity contribution is 7.08. The molecule has 0 fully saturated rings. The number of ether oxygens (including phenoxy) is 1. The molecule has 90 valence electrons. The summed E-state index contributed by atoms with van der Waals surface area (Å²) in [5.74, 6) is 0.607. The van der Waals surface area contributed by atoms with Gasteiger partial charge < -0.3 is 4.74 Å². The minimum Gasteiger partial charge on any atom is -0.481 e. The van der Waals surface area contributed by atoms with Crippen LogP contribution in [0.1, 0.15) is 0 Å². The summed E-state index contributed by atoms with van der Waals surface area (Å²) in [5, 5.41) is 11.3. The first-order chi connectivity index (χ1) is 8.90. The molecule has 0 aliphatic carbocycles. The summed E-state index contributed by atoms with van der Waals surface area (Å²) in [4.78, 5) is 4.21. The lowest BCUT2D eigenvalue weighted by molar-refractivity contribution is 0.399. The van der Waals surface area contributed by atoms with Crippen molar-refractivity contribution in [3.05, 3.63) is 41.4 Å². The molecule has 5 heteroatoms. The van der Waals surface area contributed by atoms with Crippen molar-refractivity contribution in [2.45, 2.75) is 0 Å². The first-order valence-corrected chi connectivity index (χ1v) is 6.39. The fourth-order valence-corrected chi connectivity index (χ4v) is 2.52. The Morgan fingerprint density at radius 1 is 1.28 bits per heavy atom. The summed E-state index contributed by atoms with van der Waals surface area (Å²) in [6.45, 7) is 0. The van der Waals surface area contributed by atoms with Crippen molar-refractivity contribution in [3.8, 4) is 28.3 Å². The first-order valence-electron chi connectivity index (χ1n) is 5.45. The molecule has 3 rings (SSSR count). The maximum absolute atomic E-state index is 5.29. The molecule has 0 aliphatic heterocycles. The molecule has 3 aromatic heterocycles. The number of hydrogen-bond acceptors (Lipinski definition) is 4. The topological polar surface area (TPSA) is 50.8 Å². The zero-order valence-corrected chi connectivity index (χ0v) is 10.6. The quantitative estimate of drug-likeness (QED) is 0.783. The number of rotatable bonds is 3. The normalized spacial score (nSPS) is 10.5. The molecular weight excluding hydrogens is 246 g/mol. The number of nitrogens with one attached hydrogen (secondary N) is 1. The molecule has 18 heavy (non-hydrogen) atoms. The Labute approximate surface area is 108 Å². The van der Waals surface area contributed by atoms with Crippen molar-refractivity contribution in [2.24, 2.45) is 0 Å². The van der Waals surface area contributed by atoms with Crippen LogP contribution >= 0.6 is 11.3 Å². The summed E-state index contributed by atoms with van der Waals surface area (Å²) in [5.41, 5.74) is 4.05. The van der Waals surface area contributed by atoms with Crippen LogP contribution in [-0.2, 0) is 0 Å². The highest BCUT2D eigenvalue weighted by Gasteiger charge is 2.14. The van der Waals surface area contributed by atoms with Crippen LogP contribution in [0.15, 0.2) is 41.4 Å². The molecule has 0 spiro atoms. The van der Waals surface area contributed by atoms with Gasteiger partial charge in [0.1, 0.15) is 0 Å². The summed E-state index contributed by atoms with van der Waals surface area (Å²) in [6.07, 6.45) is 3.51. The van der Waals surface area contributed by atoms with Crippen molar-refractivity contribution in [1.29, 1.82) is 0 Å². The van der Waals surface area contributed by atoms with Crippen LogP contribution in [0.5, 0.6) is 5.88 Å². The van der Waals surface area contributed by atoms with E-state index in [1.807, 2.05) is 17.5 Å². The number of thiophene rings is 1. The smallest absolute Gasteiger partial charge is 0.221 e. The molecule has 0 saturated carbocycles. The fourth-order valence-electron chi connectivity index (χ4n) is 1.88. The average Bonchev–Trinajstić information content (AvgIpc) is 3.09. The SMILES string of the molecule is COc1ncccc1-c1cn[nH]c1-c1ccsc1. The molecule has 4 nitrogen and oxygen atoms in total. The highest BCUT2D eigenvalue weighted by atomic mass is 32.1. The Morgan fingerprint density at radius 2 is 2.22 bits per heavy atom. The monoisotopic (exact) mass is 257 g/mol. The Hall–Kier alpha value is -2.14. The first kappa shape index (κ1) is 11.0. The number of methoxy groups -OCH3 is 1. The van der Waals surface area contributed by atoms with Gasteiger partial charge in [-0.2, -0.15) is 16.4 Å². The van der Waals surface area contributed by atoms with E-state index in [1.54, 1.807) is 30.8 Å². The number of nitrogens with zero attached hydrogens (tertiary/aromatic N) is 2. The molecule has 0 unspecified atom stereocenters. The van der Waals surface area contributed by atoms with Gasteiger partial charge in [0.15, 0.2) is 0 Å². The molecule has 1 N–H and O–H groups in total. The van der Waals surface area contributed by atoms with E-state index < -0.39 is 0 Å². The summed E-state index contributed by atoms with van der Waals surface area (Å²) in [6, 6.07) is 5.93. The molecule has 0 atom stereocenters. The highest BCUT2D eigenvalue weighted by Crippen LogP contribution is 2.35. The van der Waals surface area contributed by atoms with Gasteiger partial charge in [-0.05, 0) is 23.6 Å². The number of aromatic nitrogens is 3. The van der Waals surface area contributed by atoms with Gasteiger partial charge in [-0.1, -0.05) is 0 Å². The van der Waals surface area contributed by atoms with Crippen molar-refractivity contribution < 1.29 is 4.74 Å². The molecule has 0 bridgehead atoms.